The van der Waals surface area contributed by atoms with E-state index in [1.807, 2.05) is 0 Å². The van der Waals surface area contributed by atoms with E-state index in [4.69, 9.17) is 0 Å². The van der Waals surface area contributed by atoms with Crippen molar-refractivity contribution in [3.05, 3.63) is 41.5 Å². The molecular formula is C12H15FN4O2S. The third-order valence-electron chi connectivity index (χ3n) is 2.69. The van der Waals surface area contributed by atoms with Crippen LogP contribution in [0.3, 0.4) is 0 Å². The molecule has 0 bridgehead atoms. The first-order valence-corrected chi connectivity index (χ1v) is 7.40. The highest BCUT2D eigenvalue weighted by Gasteiger charge is 2.24. The van der Waals surface area contributed by atoms with Crippen molar-refractivity contribution in [1.29, 1.82) is 0 Å². The number of nitrogens with one attached hydrogen (secondary N) is 3. The molecule has 1 heterocycles. The number of rotatable bonds is 5. The van der Waals surface area contributed by atoms with E-state index in [0.29, 0.717) is 11.4 Å². The molecule has 0 aliphatic carbocycles. The van der Waals surface area contributed by atoms with Crippen LogP contribution < -0.4 is 10.0 Å². The van der Waals surface area contributed by atoms with Gasteiger partial charge in [-0.05, 0) is 26.1 Å². The fourth-order valence-electron chi connectivity index (χ4n) is 1.85. The fraction of sp³-hybridized carbons (Fsp3) is 0.250. The van der Waals surface area contributed by atoms with Gasteiger partial charge in [-0.25, -0.2) is 12.8 Å². The normalized spacial score (nSPS) is 11.6. The fourth-order valence-corrected chi connectivity index (χ4v) is 3.29. The number of hydrogen-bond acceptors (Lipinski definition) is 4. The number of nitrogens with zero attached hydrogens (tertiary/aromatic N) is 1. The van der Waals surface area contributed by atoms with Crippen LogP contribution in [0.5, 0.6) is 0 Å². The highest BCUT2D eigenvalue weighted by atomic mass is 32.2. The first kappa shape index (κ1) is 14.5. The Labute approximate surface area is 116 Å². The second kappa shape index (κ2) is 5.59. The Balaban J connectivity index is 2.41. The molecule has 108 valence electrons. The number of benzene rings is 1. The van der Waals surface area contributed by atoms with E-state index in [0.717, 1.165) is 0 Å². The molecule has 2 rings (SSSR count). The minimum absolute atomic E-state index is 0.0371. The van der Waals surface area contributed by atoms with E-state index in [1.54, 1.807) is 20.0 Å². The third-order valence-corrected chi connectivity index (χ3v) is 4.26. The maximum Gasteiger partial charge on any atom is 0.265 e. The van der Waals surface area contributed by atoms with Gasteiger partial charge in [-0.15, -0.1) is 0 Å². The summed E-state index contributed by atoms with van der Waals surface area (Å²) in [5.41, 5.74) is 0.663. The van der Waals surface area contributed by atoms with Gasteiger partial charge >= 0.3 is 0 Å². The summed E-state index contributed by atoms with van der Waals surface area (Å²) in [6.07, 6.45) is 0. The highest BCUT2D eigenvalue weighted by Crippen LogP contribution is 2.22. The summed E-state index contributed by atoms with van der Waals surface area (Å²) in [7, 11) is -2.21. The average Bonchev–Trinajstić information content (AvgIpc) is 2.74. The van der Waals surface area contributed by atoms with Crippen LogP contribution in [0.4, 0.5) is 10.1 Å². The second-order valence-corrected chi connectivity index (χ2v) is 5.86. The Morgan fingerprint density at radius 2 is 2.05 bits per heavy atom. The summed E-state index contributed by atoms with van der Waals surface area (Å²) in [5.74, 6) is -0.632. The molecule has 0 amide bonds. The predicted molar refractivity (Wildman–Crippen MR) is 73.3 cm³/mol. The minimum Gasteiger partial charge on any atom is -0.314 e. The number of aromatic amines is 1. The molecule has 0 saturated heterocycles. The second-order valence-electron chi connectivity index (χ2n) is 4.24. The van der Waals surface area contributed by atoms with Crippen molar-refractivity contribution in [3.63, 3.8) is 0 Å². The van der Waals surface area contributed by atoms with Crippen LogP contribution in [0.1, 0.15) is 11.4 Å². The van der Waals surface area contributed by atoms with Crippen LogP contribution in [0.15, 0.2) is 29.2 Å². The summed E-state index contributed by atoms with van der Waals surface area (Å²) in [5, 5.41) is 9.40. The van der Waals surface area contributed by atoms with Crippen LogP contribution in [0, 0.1) is 12.7 Å². The molecular weight excluding hydrogens is 283 g/mol. The van der Waals surface area contributed by atoms with Gasteiger partial charge in [0, 0.05) is 6.54 Å². The SMILES string of the molecule is CNCc1n[nH]c(C)c1S(=O)(=O)Nc1ccccc1F. The number of halogens is 1. The van der Waals surface area contributed by atoms with Gasteiger partial charge in [0.15, 0.2) is 0 Å². The topological polar surface area (TPSA) is 86.9 Å². The summed E-state index contributed by atoms with van der Waals surface area (Å²) < 4.78 is 40.5. The Kier molecular flexibility index (Phi) is 4.05. The lowest BCUT2D eigenvalue weighted by Crippen LogP contribution is -2.18. The van der Waals surface area contributed by atoms with Crippen LogP contribution in [-0.2, 0) is 16.6 Å². The van der Waals surface area contributed by atoms with E-state index in [-0.39, 0.29) is 17.1 Å². The number of para-hydroxylation sites is 1. The molecule has 0 aliphatic rings. The highest BCUT2D eigenvalue weighted by molar-refractivity contribution is 7.92. The molecule has 0 saturated carbocycles. The lowest BCUT2D eigenvalue weighted by molar-refractivity contribution is 0.596. The van der Waals surface area contributed by atoms with Gasteiger partial charge in [-0.2, -0.15) is 5.10 Å². The van der Waals surface area contributed by atoms with E-state index in [1.165, 1.54) is 18.2 Å². The zero-order chi connectivity index (χ0) is 14.8. The lowest BCUT2D eigenvalue weighted by atomic mass is 10.3. The molecule has 0 fully saturated rings. The van der Waals surface area contributed by atoms with Gasteiger partial charge in [-0.3, -0.25) is 9.82 Å². The van der Waals surface area contributed by atoms with Crippen molar-refractivity contribution >= 4 is 15.7 Å². The van der Waals surface area contributed by atoms with Crippen LogP contribution in [-0.4, -0.2) is 25.7 Å². The average molecular weight is 298 g/mol. The Morgan fingerprint density at radius 3 is 2.70 bits per heavy atom. The molecule has 1 aromatic heterocycles. The molecule has 0 spiro atoms. The van der Waals surface area contributed by atoms with Crippen molar-refractivity contribution in [2.75, 3.05) is 11.8 Å². The monoisotopic (exact) mass is 298 g/mol. The van der Waals surface area contributed by atoms with Crippen molar-refractivity contribution in [1.82, 2.24) is 15.5 Å². The first-order chi connectivity index (χ1) is 9.45. The van der Waals surface area contributed by atoms with Gasteiger partial charge in [0.1, 0.15) is 10.7 Å². The Bertz CT molecular complexity index is 712. The summed E-state index contributed by atoms with van der Waals surface area (Å²) in [6.45, 7) is 1.89. The van der Waals surface area contributed by atoms with E-state index >= 15 is 0 Å². The predicted octanol–water partition coefficient (Wildman–Crippen LogP) is 1.38. The van der Waals surface area contributed by atoms with Crippen LogP contribution in [0.2, 0.25) is 0 Å². The van der Waals surface area contributed by atoms with E-state index in [2.05, 4.69) is 20.2 Å². The largest absolute Gasteiger partial charge is 0.314 e. The number of aryl methyl sites for hydroxylation is 1. The zero-order valence-electron chi connectivity index (χ0n) is 11.1. The van der Waals surface area contributed by atoms with E-state index < -0.39 is 15.8 Å². The zero-order valence-corrected chi connectivity index (χ0v) is 11.9. The molecule has 0 unspecified atom stereocenters. The number of anilines is 1. The maximum atomic E-state index is 13.5. The Morgan fingerprint density at radius 1 is 1.35 bits per heavy atom. The summed E-state index contributed by atoms with van der Waals surface area (Å²) in [6, 6.07) is 5.59. The van der Waals surface area contributed by atoms with Gasteiger partial charge in [-0.1, -0.05) is 12.1 Å². The minimum atomic E-state index is -3.90. The Hall–Kier alpha value is -1.93. The van der Waals surface area contributed by atoms with Gasteiger partial charge in [0.2, 0.25) is 0 Å². The van der Waals surface area contributed by atoms with Crippen molar-refractivity contribution < 1.29 is 12.8 Å². The molecule has 0 aliphatic heterocycles. The molecule has 0 atom stereocenters. The molecule has 8 heteroatoms. The maximum absolute atomic E-state index is 13.5. The van der Waals surface area contributed by atoms with Crippen LogP contribution in [0.25, 0.3) is 0 Å². The number of sulfonamides is 1. The van der Waals surface area contributed by atoms with Crippen molar-refractivity contribution in [3.8, 4) is 0 Å². The standard InChI is InChI=1S/C12H15FN4O2S/c1-8-12(11(7-14-2)16-15-8)20(18,19)17-10-6-4-3-5-9(10)13/h3-6,14,17H,7H2,1-2H3,(H,15,16). The van der Waals surface area contributed by atoms with Crippen molar-refractivity contribution in [2.45, 2.75) is 18.4 Å². The molecule has 6 nitrogen and oxygen atoms in total. The van der Waals surface area contributed by atoms with E-state index in [9.17, 15) is 12.8 Å². The molecule has 2 aromatic rings. The van der Waals surface area contributed by atoms with Gasteiger partial charge < -0.3 is 5.32 Å². The van der Waals surface area contributed by atoms with Gasteiger partial charge in [0.05, 0.1) is 17.1 Å². The molecule has 3 N–H and O–H groups in total. The third kappa shape index (κ3) is 2.81. The lowest BCUT2D eigenvalue weighted by Gasteiger charge is -2.09. The molecule has 20 heavy (non-hydrogen) atoms. The summed E-state index contributed by atoms with van der Waals surface area (Å²) >= 11 is 0. The number of hydrogen-bond donors (Lipinski definition) is 3. The quantitative estimate of drug-likeness (QED) is 0.778. The smallest absolute Gasteiger partial charge is 0.265 e. The van der Waals surface area contributed by atoms with Crippen LogP contribution >= 0.6 is 0 Å². The summed E-state index contributed by atoms with van der Waals surface area (Å²) in [4.78, 5) is 0.0371. The van der Waals surface area contributed by atoms with Gasteiger partial charge in [0.25, 0.3) is 10.0 Å². The van der Waals surface area contributed by atoms with Crippen molar-refractivity contribution in [2.24, 2.45) is 0 Å². The molecule has 0 radical (unpaired) electrons. The first-order valence-electron chi connectivity index (χ1n) is 5.91. The number of aromatic nitrogens is 2. The molecule has 1 aromatic carbocycles. The number of H-pyrrole nitrogens is 1.